The van der Waals surface area contributed by atoms with E-state index in [1.807, 2.05) is 18.2 Å². The Bertz CT molecular complexity index is 946. The van der Waals surface area contributed by atoms with Crippen molar-refractivity contribution in [2.75, 3.05) is 25.6 Å². The molecule has 1 unspecified atom stereocenters. The Balaban J connectivity index is 1.67. The zero-order valence-corrected chi connectivity index (χ0v) is 16.0. The maximum Gasteiger partial charge on any atom is 0.254 e. The molecule has 2 aromatic heterocycles. The number of hydrogen-bond donors (Lipinski definition) is 1. The quantitative estimate of drug-likeness (QED) is 0.680. The van der Waals surface area contributed by atoms with E-state index in [4.69, 9.17) is 14.2 Å². The fraction of sp³-hybridized carbons (Fsp3) is 0.353. The number of aromatic nitrogens is 4. The van der Waals surface area contributed by atoms with Gasteiger partial charge in [0.15, 0.2) is 11.5 Å². The van der Waals surface area contributed by atoms with Crippen LogP contribution in [0, 0.1) is 0 Å². The SMILES string of the molecule is COCc1cc(NC(C)c2cc3c(cc2Br)OCCO3)n2ncnc2n1. The first kappa shape index (κ1) is 17.0. The molecule has 0 spiro atoms. The summed E-state index contributed by atoms with van der Waals surface area (Å²) in [6.07, 6.45) is 1.48. The van der Waals surface area contributed by atoms with E-state index in [0.29, 0.717) is 25.6 Å². The van der Waals surface area contributed by atoms with Crippen molar-refractivity contribution < 1.29 is 14.2 Å². The average Bonchev–Trinajstić information content (AvgIpc) is 3.10. The number of fused-ring (bicyclic) bond motifs is 2. The van der Waals surface area contributed by atoms with Crippen LogP contribution in [0.3, 0.4) is 0 Å². The van der Waals surface area contributed by atoms with Crippen molar-refractivity contribution in [3.05, 3.63) is 40.3 Å². The van der Waals surface area contributed by atoms with Gasteiger partial charge >= 0.3 is 0 Å². The molecule has 0 radical (unpaired) electrons. The normalized spacial score (nSPS) is 14.4. The summed E-state index contributed by atoms with van der Waals surface area (Å²) in [4.78, 5) is 8.60. The summed E-state index contributed by atoms with van der Waals surface area (Å²) < 4.78 is 19.1. The first-order valence-electron chi connectivity index (χ1n) is 8.20. The molecule has 0 fully saturated rings. The number of rotatable bonds is 5. The fourth-order valence-corrected chi connectivity index (χ4v) is 3.56. The largest absolute Gasteiger partial charge is 0.486 e. The number of nitrogens with zero attached hydrogens (tertiary/aromatic N) is 4. The van der Waals surface area contributed by atoms with Gasteiger partial charge < -0.3 is 19.5 Å². The standard InChI is InChI=1S/C17H18BrN5O3/c1-10(12-6-14-15(7-13(12)18)26-4-3-25-14)21-16-5-11(8-24-2)22-17-19-9-20-23(16)17/h5-7,9-10,21H,3-4,8H2,1-2H3. The van der Waals surface area contributed by atoms with E-state index in [9.17, 15) is 0 Å². The molecule has 0 amide bonds. The third-order valence-electron chi connectivity index (χ3n) is 4.09. The summed E-state index contributed by atoms with van der Waals surface area (Å²) in [5, 5.41) is 7.71. The summed E-state index contributed by atoms with van der Waals surface area (Å²) in [6.45, 7) is 3.59. The van der Waals surface area contributed by atoms with Crippen molar-refractivity contribution in [3.63, 3.8) is 0 Å². The zero-order valence-electron chi connectivity index (χ0n) is 14.4. The van der Waals surface area contributed by atoms with Crippen molar-refractivity contribution >= 4 is 27.5 Å². The molecule has 26 heavy (non-hydrogen) atoms. The number of hydrogen-bond acceptors (Lipinski definition) is 7. The molecule has 136 valence electrons. The number of halogens is 1. The molecule has 0 aliphatic carbocycles. The predicted molar refractivity (Wildman–Crippen MR) is 98.7 cm³/mol. The summed E-state index contributed by atoms with van der Waals surface area (Å²) in [5.74, 6) is 2.82. The van der Waals surface area contributed by atoms with Gasteiger partial charge in [-0.3, -0.25) is 0 Å². The van der Waals surface area contributed by atoms with Crippen molar-refractivity contribution in [1.29, 1.82) is 0 Å². The van der Waals surface area contributed by atoms with Gasteiger partial charge in [-0.25, -0.2) is 4.98 Å². The molecule has 9 heteroatoms. The number of anilines is 1. The molecule has 1 aliphatic rings. The molecule has 1 aliphatic heterocycles. The lowest BCUT2D eigenvalue weighted by Gasteiger charge is -2.23. The summed E-state index contributed by atoms with van der Waals surface area (Å²) in [5.41, 5.74) is 1.83. The summed E-state index contributed by atoms with van der Waals surface area (Å²) in [7, 11) is 1.64. The van der Waals surface area contributed by atoms with Gasteiger partial charge in [-0.1, -0.05) is 15.9 Å². The first-order valence-corrected chi connectivity index (χ1v) is 8.99. The molecule has 1 N–H and O–H groups in total. The highest BCUT2D eigenvalue weighted by molar-refractivity contribution is 9.10. The maximum atomic E-state index is 5.70. The number of nitrogens with one attached hydrogen (secondary N) is 1. The second-order valence-corrected chi connectivity index (χ2v) is 6.78. The maximum absolute atomic E-state index is 5.70. The van der Waals surface area contributed by atoms with Crippen LogP contribution in [0.4, 0.5) is 5.82 Å². The minimum Gasteiger partial charge on any atom is -0.486 e. The second kappa shape index (κ2) is 7.08. The highest BCUT2D eigenvalue weighted by Crippen LogP contribution is 2.38. The van der Waals surface area contributed by atoms with Crippen LogP contribution in [-0.2, 0) is 11.3 Å². The molecular weight excluding hydrogens is 402 g/mol. The van der Waals surface area contributed by atoms with Crippen LogP contribution in [0.25, 0.3) is 5.78 Å². The molecule has 4 rings (SSSR count). The van der Waals surface area contributed by atoms with E-state index in [0.717, 1.165) is 33.0 Å². The third-order valence-corrected chi connectivity index (χ3v) is 4.78. The van der Waals surface area contributed by atoms with Crippen LogP contribution in [0.2, 0.25) is 0 Å². The van der Waals surface area contributed by atoms with Gasteiger partial charge in [-0.2, -0.15) is 14.6 Å². The van der Waals surface area contributed by atoms with Crippen LogP contribution in [0.15, 0.2) is 29.0 Å². The van der Waals surface area contributed by atoms with E-state index in [1.165, 1.54) is 6.33 Å². The smallest absolute Gasteiger partial charge is 0.254 e. The number of ether oxygens (including phenoxy) is 3. The minimum atomic E-state index is -0.0228. The van der Waals surface area contributed by atoms with Gasteiger partial charge in [0.1, 0.15) is 25.4 Å². The van der Waals surface area contributed by atoms with Gasteiger partial charge in [-0.05, 0) is 24.6 Å². The van der Waals surface area contributed by atoms with Crippen molar-refractivity contribution in [2.24, 2.45) is 0 Å². The number of benzene rings is 1. The Kier molecular flexibility index (Phi) is 4.64. The highest BCUT2D eigenvalue weighted by atomic mass is 79.9. The molecule has 1 atom stereocenters. The van der Waals surface area contributed by atoms with Crippen molar-refractivity contribution in [1.82, 2.24) is 19.6 Å². The Morgan fingerprint density at radius 2 is 2.04 bits per heavy atom. The third kappa shape index (κ3) is 3.19. The molecule has 8 nitrogen and oxygen atoms in total. The molecular formula is C17H18BrN5O3. The van der Waals surface area contributed by atoms with Crippen LogP contribution in [0.1, 0.15) is 24.2 Å². The van der Waals surface area contributed by atoms with E-state index < -0.39 is 0 Å². The second-order valence-electron chi connectivity index (χ2n) is 5.92. The summed E-state index contributed by atoms with van der Waals surface area (Å²) >= 11 is 3.63. The Morgan fingerprint density at radius 3 is 2.81 bits per heavy atom. The lowest BCUT2D eigenvalue weighted by atomic mass is 10.1. The van der Waals surface area contributed by atoms with Gasteiger partial charge in [0.05, 0.1) is 18.3 Å². The summed E-state index contributed by atoms with van der Waals surface area (Å²) in [6, 6.07) is 5.82. The van der Waals surface area contributed by atoms with E-state index in [2.05, 4.69) is 43.2 Å². The molecule has 3 aromatic rings. The molecule has 3 heterocycles. The van der Waals surface area contributed by atoms with Gasteiger partial charge in [0, 0.05) is 17.6 Å². The lowest BCUT2D eigenvalue weighted by molar-refractivity contribution is 0.171. The van der Waals surface area contributed by atoms with E-state index in [1.54, 1.807) is 11.6 Å². The van der Waals surface area contributed by atoms with Gasteiger partial charge in [-0.15, -0.1) is 0 Å². The lowest BCUT2D eigenvalue weighted by Crippen LogP contribution is -2.17. The van der Waals surface area contributed by atoms with Crippen LogP contribution in [0.5, 0.6) is 11.5 Å². The van der Waals surface area contributed by atoms with Crippen LogP contribution < -0.4 is 14.8 Å². The molecule has 1 aromatic carbocycles. The van der Waals surface area contributed by atoms with Crippen molar-refractivity contribution in [3.8, 4) is 11.5 Å². The molecule has 0 saturated carbocycles. The predicted octanol–water partition coefficient (Wildman–Crippen LogP) is 2.98. The minimum absolute atomic E-state index is 0.0228. The fourth-order valence-electron chi connectivity index (χ4n) is 2.90. The Morgan fingerprint density at radius 1 is 1.27 bits per heavy atom. The molecule has 0 saturated heterocycles. The zero-order chi connectivity index (χ0) is 18.1. The van der Waals surface area contributed by atoms with Crippen LogP contribution in [-0.4, -0.2) is 39.9 Å². The highest BCUT2D eigenvalue weighted by Gasteiger charge is 2.19. The topological polar surface area (TPSA) is 82.8 Å². The first-order chi connectivity index (χ1) is 12.7. The Hall–Kier alpha value is -2.39. The monoisotopic (exact) mass is 419 g/mol. The van der Waals surface area contributed by atoms with E-state index in [-0.39, 0.29) is 6.04 Å². The van der Waals surface area contributed by atoms with E-state index >= 15 is 0 Å². The van der Waals surface area contributed by atoms with Crippen LogP contribution >= 0.6 is 15.9 Å². The van der Waals surface area contributed by atoms with Gasteiger partial charge in [0.2, 0.25) is 0 Å². The molecule has 0 bridgehead atoms. The number of methoxy groups -OCH3 is 1. The Labute approximate surface area is 158 Å². The van der Waals surface area contributed by atoms with Crippen molar-refractivity contribution in [2.45, 2.75) is 19.6 Å². The van der Waals surface area contributed by atoms with Gasteiger partial charge in [0.25, 0.3) is 5.78 Å². The average molecular weight is 420 g/mol.